The number of carbonyl (C=O) groups is 2. The van der Waals surface area contributed by atoms with E-state index in [4.69, 9.17) is 0 Å². The third-order valence-electron chi connectivity index (χ3n) is 6.15. The van der Waals surface area contributed by atoms with E-state index in [1.807, 2.05) is 52.0 Å². The van der Waals surface area contributed by atoms with Crippen LogP contribution in [0.1, 0.15) is 54.6 Å². The summed E-state index contributed by atoms with van der Waals surface area (Å²) in [7, 11) is -3.82. The average molecular weight is 471 g/mol. The van der Waals surface area contributed by atoms with Gasteiger partial charge in [0.1, 0.15) is 6.04 Å². The Morgan fingerprint density at radius 3 is 1.97 bits per heavy atom. The molecule has 1 unspecified atom stereocenters. The van der Waals surface area contributed by atoms with E-state index in [9.17, 15) is 18.0 Å². The zero-order valence-corrected chi connectivity index (χ0v) is 20.7. The highest BCUT2D eigenvalue weighted by molar-refractivity contribution is 7.89. The Kier molecular flexibility index (Phi) is 8.08. The predicted molar refractivity (Wildman–Crippen MR) is 130 cm³/mol. The highest BCUT2D eigenvalue weighted by Crippen LogP contribution is 2.24. The van der Waals surface area contributed by atoms with Crippen LogP contribution in [-0.2, 0) is 14.8 Å². The molecule has 1 amide bonds. The Morgan fingerprint density at radius 2 is 1.45 bits per heavy atom. The fraction of sp³-hybridized carbons (Fsp3) is 0.462. The van der Waals surface area contributed by atoms with Crippen LogP contribution in [0.3, 0.4) is 0 Å². The lowest BCUT2D eigenvalue weighted by Gasteiger charge is -2.34. The molecule has 1 N–H and O–H groups in total. The molecule has 0 aromatic heterocycles. The van der Waals surface area contributed by atoms with Gasteiger partial charge in [-0.1, -0.05) is 61.4 Å². The van der Waals surface area contributed by atoms with Crippen LogP contribution in [0.2, 0.25) is 0 Å². The van der Waals surface area contributed by atoms with Crippen LogP contribution in [0.5, 0.6) is 0 Å². The number of rotatable bonds is 8. The zero-order valence-electron chi connectivity index (χ0n) is 19.9. The van der Waals surface area contributed by atoms with Crippen molar-refractivity contribution in [2.24, 2.45) is 11.8 Å². The number of nitrogens with zero attached hydrogens (tertiary/aromatic N) is 1. The average Bonchev–Trinajstić information content (AvgIpc) is 2.78. The molecule has 1 aliphatic heterocycles. The first-order chi connectivity index (χ1) is 15.6. The fourth-order valence-electron chi connectivity index (χ4n) is 4.18. The Balaban J connectivity index is 1.67. The Bertz CT molecular complexity index is 1070. The standard InChI is InChI=1S/C26H34N2O4S/c1-18(2)17-24(27-33(31,32)23-11-7-20(4)8-12-23)26(30)28-15-13-22(14-16-28)25(29)21-9-5-19(3)6-10-21/h5-12,18,22,24,27H,13-17H2,1-4H3. The predicted octanol–water partition coefficient (Wildman–Crippen LogP) is 4.12. The maximum atomic E-state index is 13.3. The van der Waals surface area contributed by atoms with E-state index < -0.39 is 16.1 Å². The second kappa shape index (κ2) is 10.6. The van der Waals surface area contributed by atoms with Crippen LogP contribution in [0.4, 0.5) is 0 Å². The number of nitrogens with one attached hydrogen (secondary N) is 1. The molecular formula is C26H34N2O4S. The minimum absolute atomic E-state index is 0.112. The van der Waals surface area contributed by atoms with Crippen LogP contribution < -0.4 is 4.72 Å². The van der Waals surface area contributed by atoms with Gasteiger partial charge in [-0.15, -0.1) is 0 Å². The van der Waals surface area contributed by atoms with E-state index in [1.165, 1.54) is 0 Å². The van der Waals surface area contributed by atoms with Crippen LogP contribution in [0.25, 0.3) is 0 Å². The molecule has 1 fully saturated rings. The summed E-state index contributed by atoms with van der Waals surface area (Å²) in [6, 6.07) is 13.3. The van der Waals surface area contributed by atoms with Crippen LogP contribution >= 0.6 is 0 Å². The van der Waals surface area contributed by atoms with Crippen LogP contribution in [0, 0.1) is 25.7 Å². The number of aryl methyl sites for hydroxylation is 2. The molecule has 6 nitrogen and oxygen atoms in total. The molecule has 0 aliphatic carbocycles. The molecule has 0 radical (unpaired) electrons. The van der Waals surface area contributed by atoms with Gasteiger partial charge in [0.2, 0.25) is 15.9 Å². The molecule has 0 spiro atoms. The summed E-state index contributed by atoms with van der Waals surface area (Å²) in [5, 5.41) is 0. The molecule has 1 heterocycles. The Labute approximate surface area is 197 Å². The number of piperidine rings is 1. The second-order valence-electron chi connectivity index (χ2n) is 9.45. The highest BCUT2D eigenvalue weighted by atomic mass is 32.2. The zero-order chi connectivity index (χ0) is 24.2. The molecule has 2 aromatic carbocycles. The minimum Gasteiger partial charge on any atom is -0.341 e. The van der Waals surface area contributed by atoms with Gasteiger partial charge in [-0.05, 0) is 51.2 Å². The number of hydrogen-bond donors (Lipinski definition) is 1. The summed E-state index contributed by atoms with van der Waals surface area (Å²) in [6.07, 6.45) is 1.57. The van der Waals surface area contributed by atoms with Crippen LogP contribution in [-0.4, -0.2) is 44.1 Å². The summed E-state index contributed by atoms with van der Waals surface area (Å²) in [4.78, 5) is 28.0. The van der Waals surface area contributed by atoms with E-state index in [0.717, 1.165) is 11.1 Å². The van der Waals surface area contributed by atoms with Gasteiger partial charge in [-0.3, -0.25) is 9.59 Å². The topological polar surface area (TPSA) is 83.6 Å². The summed E-state index contributed by atoms with van der Waals surface area (Å²) in [5.41, 5.74) is 2.77. The fourth-order valence-corrected chi connectivity index (χ4v) is 5.38. The SMILES string of the molecule is Cc1ccc(C(=O)C2CCN(C(=O)C(CC(C)C)NS(=O)(=O)c3ccc(C)cc3)CC2)cc1. The van der Waals surface area contributed by atoms with Gasteiger partial charge >= 0.3 is 0 Å². The number of hydrogen-bond acceptors (Lipinski definition) is 4. The van der Waals surface area contributed by atoms with Crippen molar-refractivity contribution in [1.82, 2.24) is 9.62 Å². The molecule has 1 saturated heterocycles. The number of Topliss-reactive ketones (excluding diaryl/α,β-unsaturated/α-hetero) is 1. The lowest BCUT2D eigenvalue weighted by atomic mass is 9.88. The van der Waals surface area contributed by atoms with Gasteiger partial charge in [0.05, 0.1) is 4.90 Å². The second-order valence-corrected chi connectivity index (χ2v) is 11.2. The van der Waals surface area contributed by atoms with Crippen molar-refractivity contribution >= 4 is 21.7 Å². The van der Waals surface area contributed by atoms with Gasteiger partial charge in [0, 0.05) is 24.6 Å². The largest absolute Gasteiger partial charge is 0.341 e. The van der Waals surface area contributed by atoms with Crippen molar-refractivity contribution in [3.05, 3.63) is 65.2 Å². The van der Waals surface area contributed by atoms with Crippen LogP contribution in [0.15, 0.2) is 53.4 Å². The van der Waals surface area contributed by atoms with Crippen molar-refractivity contribution in [2.45, 2.75) is 57.9 Å². The maximum absolute atomic E-state index is 13.3. The van der Waals surface area contributed by atoms with E-state index >= 15 is 0 Å². The molecule has 0 bridgehead atoms. The van der Waals surface area contributed by atoms with Crippen molar-refractivity contribution in [2.75, 3.05) is 13.1 Å². The highest BCUT2D eigenvalue weighted by Gasteiger charge is 2.33. The van der Waals surface area contributed by atoms with Crippen molar-refractivity contribution in [1.29, 1.82) is 0 Å². The third kappa shape index (κ3) is 6.51. The quantitative estimate of drug-likeness (QED) is 0.589. The number of carbonyl (C=O) groups excluding carboxylic acids is 2. The summed E-state index contributed by atoms with van der Waals surface area (Å²) in [6.45, 7) is 8.70. The number of ketones is 1. The maximum Gasteiger partial charge on any atom is 0.241 e. The van der Waals surface area contributed by atoms with E-state index in [1.54, 1.807) is 29.2 Å². The molecule has 7 heteroatoms. The molecular weight excluding hydrogens is 436 g/mol. The van der Waals surface area contributed by atoms with Gasteiger partial charge in [0.25, 0.3) is 0 Å². The van der Waals surface area contributed by atoms with Crippen molar-refractivity contribution in [3.63, 3.8) is 0 Å². The number of benzene rings is 2. The molecule has 3 rings (SSSR count). The monoisotopic (exact) mass is 470 g/mol. The summed E-state index contributed by atoms with van der Waals surface area (Å²) >= 11 is 0. The van der Waals surface area contributed by atoms with E-state index in [0.29, 0.717) is 37.9 Å². The van der Waals surface area contributed by atoms with Crippen molar-refractivity contribution < 1.29 is 18.0 Å². The summed E-state index contributed by atoms with van der Waals surface area (Å²) < 4.78 is 28.5. The number of likely N-dealkylation sites (tertiary alicyclic amines) is 1. The minimum atomic E-state index is -3.82. The normalized spacial score (nSPS) is 16.1. The van der Waals surface area contributed by atoms with Gasteiger partial charge < -0.3 is 4.90 Å². The lowest BCUT2D eigenvalue weighted by molar-refractivity contribution is -0.134. The van der Waals surface area contributed by atoms with Gasteiger partial charge in [0.15, 0.2) is 5.78 Å². The molecule has 1 aliphatic rings. The van der Waals surface area contributed by atoms with E-state index in [2.05, 4.69) is 4.72 Å². The molecule has 178 valence electrons. The third-order valence-corrected chi connectivity index (χ3v) is 7.63. The first kappa shape index (κ1) is 25.1. The smallest absolute Gasteiger partial charge is 0.241 e. The van der Waals surface area contributed by atoms with Gasteiger partial charge in [-0.25, -0.2) is 8.42 Å². The van der Waals surface area contributed by atoms with Crippen molar-refractivity contribution in [3.8, 4) is 0 Å². The molecule has 2 aromatic rings. The Morgan fingerprint density at radius 1 is 0.939 bits per heavy atom. The molecule has 33 heavy (non-hydrogen) atoms. The molecule has 0 saturated carbocycles. The van der Waals surface area contributed by atoms with Gasteiger partial charge in [-0.2, -0.15) is 4.72 Å². The number of amides is 1. The number of sulfonamides is 1. The first-order valence-corrected chi connectivity index (χ1v) is 13.0. The first-order valence-electron chi connectivity index (χ1n) is 11.6. The Hall–Kier alpha value is -2.51. The lowest BCUT2D eigenvalue weighted by Crippen LogP contribution is -2.51. The van der Waals surface area contributed by atoms with E-state index in [-0.39, 0.29) is 28.4 Å². The molecule has 1 atom stereocenters. The summed E-state index contributed by atoms with van der Waals surface area (Å²) in [5.74, 6) is -0.0913.